The fourth-order valence-corrected chi connectivity index (χ4v) is 3.17. The number of hydrogen-bond donors (Lipinski definition) is 2. The van der Waals surface area contributed by atoms with E-state index in [0.717, 1.165) is 25.7 Å². The highest BCUT2D eigenvalue weighted by atomic mass is 16.5. The fraction of sp³-hybridized carbons (Fsp3) is 0.286. The summed E-state index contributed by atoms with van der Waals surface area (Å²) in [5, 5.41) is 5.75. The van der Waals surface area contributed by atoms with Crippen LogP contribution in [-0.2, 0) is 0 Å². The van der Waals surface area contributed by atoms with Crippen molar-refractivity contribution in [3.8, 4) is 11.5 Å². The standard InChI is InChI=1S/C28H32N2O4/c1-3-5-17-33-25-11-7-9-21(19-25)27(31)29-23-13-15-24(16-14-23)30-28(32)22-10-8-12-26(20-22)34-18-6-4-2/h7-16,19-20H,3-6,17-18H2,1-2H3,(H,29,31)(H,30,32). The van der Waals surface area contributed by atoms with Gasteiger partial charge in [-0.25, -0.2) is 0 Å². The summed E-state index contributed by atoms with van der Waals surface area (Å²) in [5.41, 5.74) is 2.30. The van der Waals surface area contributed by atoms with Crippen molar-refractivity contribution in [1.29, 1.82) is 0 Å². The second kappa shape index (κ2) is 13.0. The van der Waals surface area contributed by atoms with Gasteiger partial charge in [0.2, 0.25) is 0 Å². The summed E-state index contributed by atoms with van der Waals surface area (Å²) in [6.45, 7) is 5.47. The third kappa shape index (κ3) is 7.66. The van der Waals surface area contributed by atoms with Crippen molar-refractivity contribution in [3.63, 3.8) is 0 Å². The number of hydrogen-bond acceptors (Lipinski definition) is 4. The van der Waals surface area contributed by atoms with Crippen LogP contribution in [0.4, 0.5) is 11.4 Å². The van der Waals surface area contributed by atoms with E-state index in [4.69, 9.17) is 9.47 Å². The molecule has 0 bridgehead atoms. The number of benzene rings is 3. The molecular weight excluding hydrogens is 428 g/mol. The molecule has 0 heterocycles. The molecule has 0 aliphatic heterocycles. The Morgan fingerprint density at radius 2 is 1.06 bits per heavy atom. The summed E-state index contributed by atoms with van der Waals surface area (Å²) < 4.78 is 11.4. The molecule has 2 amide bonds. The number of amides is 2. The summed E-state index contributed by atoms with van der Waals surface area (Å²) in [4.78, 5) is 25.2. The van der Waals surface area contributed by atoms with Crippen LogP contribution in [0.1, 0.15) is 60.2 Å². The van der Waals surface area contributed by atoms with Crippen LogP contribution in [0.3, 0.4) is 0 Å². The molecule has 0 saturated heterocycles. The number of carbonyl (C=O) groups excluding carboxylic acids is 2. The summed E-state index contributed by atoms with van der Waals surface area (Å²) >= 11 is 0. The van der Waals surface area contributed by atoms with E-state index in [1.165, 1.54) is 0 Å². The molecule has 0 spiro atoms. The maximum absolute atomic E-state index is 12.6. The van der Waals surface area contributed by atoms with Gasteiger partial charge < -0.3 is 20.1 Å². The molecule has 178 valence electrons. The lowest BCUT2D eigenvalue weighted by Gasteiger charge is -2.10. The van der Waals surface area contributed by atoms with Gasteiger partial charge in [0, 0.05) is 22.5 Å². The summed E-state index contributed by atoms with van der Waals surface area (Å²) in [7, 11) is 0. The molecule has 3 aromatic rings. The van der Waals surface area contributed by atoms with Crippen LogP contribution in [-0.4, -0.2) is 25.0 Å². The van der Waals surface area contributed by atoms with Gasteiger partial charge in [-0.1, -0.05) is 38.8 Å². The summed E-state index contributed by atoms with van der Waals surface area (Å²) in [5.74, 6) is 0.910. The fourth-order valence-electron chi connectivity index (χ4n) is 3.17. The van der Waals surface area contributed by atoms with Crippen LogP contribution in [0.15, 0.2) is 72.8 Å². The van der Waals surface area contributed by atoms with Gasteiger partial charge >= 0.3 is 0 Å². The number of rotatable bonds is 12. The van der Waals surface area contributed by atoms with Crippen molar-refractivity contribution in [2.45, 2.75) is 39.5 Å². The highest BCUT2D eigenvalue weighted by Crippen LogP contribution is 2.19. The molecule has 6 nitrogen and oxygen atoms in total. The van der Waals surface area contributed by atoms with Crippen LogP contribution in [0.25, 0.3) is 0 Å². The second-order valence-corrected chi connectivity index (χ2v) is 7.95. The van der Waals surface area contributed by atoms with Gasteiger partial charge in [0.25, 0.3) is 11.8 Å². The van der Waals surface area contributed by atoms with Crippen molar-refractivity contribution in [2.75, 3.05) is 23.8 Å². The second-order valence-electron chi connectivity index (χ2n) is 7.95. The van der Waals surface area contributed by atoms with E-state index in [2.05, 4.69) is 24.5 Å². The molecule has 0 aliphatic rings. The third-order valence-corrected chi connectivity index (χ3v) is 5.13. The maximum Gasteiger partial charge on any atom is 0.255 e. The van der Waals surface area contributed by atoms with Gasteiger partial charge in [0.15, 0.2) is 0 Å². The zero-order valence-corrected chi connectivity index (χ0v) is 19.8. The summed E-state index contributed by atoms with van der Waals surface area (Å²) in [6, 6.07) is 21.3. The number of carbonyl (C=O) groups is 2. The number of unbranched alkanes of at least 4 members (excludes halogenated alkanes) is 2. The predicted molar refractivity (Wildman–Crippen MR) is 136 cm³/mol. The SMILES string of the molecule is CCCCOc1cccc(C(=O)Nc2ccc(NC(=O)c3cccc(OCCCC)c3)cc2)c1. The smallest absolute Gasteiger partial charge is 0.255 e. The van der Waals surface area contributed by atoms with Gasteiger partial charge in [-0.3, -0.25) is 9.59 Å². The van der Waals surface area contributed by atoms with Crippen molar-refractivity contribution in [3.05, 3.63) is 83.9 Å². The molecule has 0 atom stereocenters. The molecule has 3 rings (SSSR count). The average Bonchev–Trinajstić information content (AvgIpc) is 2.86. The average molecular weight is 461 g/mol. The van der Waals surface area contributed by atoms with Gasteiger partial charge in [0.05, 0.1) is 13.2 Å². The minimum absolute atomic E-state index is 0.224. The number of ether oxygens (including phenoxy) is 2. The van der Waals surface area contributed by atoms with Crippen LogP contribution < -0.4 is 20.1 Å². The van der Waals surface area contributed by atoms with Crippen LogP contribution in [0, 0.1) is 0 Å². The minimum atomic E-state index is -0.224. The van der Waals surface area contributed by atoms with Crippen molar-refractivity contribution in [1.82, 2.24) is 0 Å². The summed E-state index contributed by atoms with van der Waals surface area (Å²) in [6.07, 6.45) is 4.04. The third-order valence-electron chi connectivity index (χ3n) is 5.13. The highest BCUT2D eigenvalue weighted by Gasteiger charge is 2.10. The molecule has 0 saturated carbocycles. The maximum atomic E-state index is 12.6. The normalized spacial score (nSPS) is 10.4. The quantitative estimate of drug-likeness (QED) is 0.301. The lowest BCUT2D eigenvalue weighted by molar-refractivity contribution is 0.101. The van der Waals surface area contributed by atoms with E-state index in [0.29, 0.717) is 47.2 Å². The molecule has 0 aliphatic carbocycles. The van der Waals surface area contributed by atoms with Gasteiger partial charge in [-0.15, -0.1) is 0 Å². The van der Waals surface area contributed by atoms with E-state index >= 15 is 0 Å². The van der Waals surface area contributed by atoms with E-state index in [1.807, 2.05) is 12.1 Å². The topological polar surface area (TPSA) is 76.7 Å². The van der Waals surface area contributed by atoms with Gasteiger partial charge in [-0.2, -0.15) is 0 Å². The molecule has 3 aromatic carbocycles. The van der Waals surface area contributed by atoms with Crippen molar-refractivity contribution >= 4 is 23.2 Å². The molecule has 0 aromatic heterocycles. The van der Waals surface area contributed by atoms with Gasteiger partial charge in [-0.05, 0) is 73.5 Å². The number of nitrogens with one attached hydrogen (secondary N) is 2. The molecular formula is C28H32N2O4. The van der Waals surface area contributed by atoms with Crippen LogP contribution in [0.5, 0.6) is 11.5 Å². The van der Waals surface area contributed by atoms with Crippen molar-refractivity contribution < 1.29 is 19.1 Å². The Bertz CT molecular complexity index is 993. The predicted octanol–water partition coefficient (Wildman–Crippen LogP) is 6.55. The van der Waals surface area contributed by atoms with E-state index in [-0.39, 0.29) is 11.8 Å². The first-order chi connectivity index (χ1) is 16.6. The van der Waals surface area contributed by atoms with Gasteiger partial charge in [0.1, 0.15) is 11.5 Å². The largest absolute Gasteiger partial charge is 0.494 e. The molecule has 2 N–H and O–H groups in total. The lowest BCUT2D eigenvalue weighted by atomic mass is 10.2. The Hall–Kier alpha value is -3.80. The Morgan fingerprint density at radius 3 is 1.44 bits per heavy atom. The monoisotopic (exact) mass is 460 g/mol. The lowest BCUT2D eigenvalue weighted by Crippen LogP contribution is -2.13. The molecule has 34 heavy (non-hydrogen) atoms. The molecule has 0 unspecified atom stereocenters. The molecule has 0 radical (unpaired) electrons. The Morgan fingerprint density at radius 1 is 0.647 bits per heavy atom. The highest BCUT2D eigenvalue weighted by molar-refractivity contribution is 6.06. The minimum Gasteiger partial charge on any atom is -0.494 e. The first-order valence-corrected chi connectivity index (χ1v) is 11.8. The molecule has 0 fully saturated rings. The van der Waals surface area contributed by atoms with E-state index in [9.17, 15) is 9.59 Å². The first-order valence-electron chi connectivity index (χ1n) is 11.8. The zero-order chi connectivity index (χ0) is 24.2. The first kappa shape index (κ1) is 24.8. The van der Waals surface area contributed by atoms with E-state index in [1.54, 1.807) is 60.7 Å². The Labute approximate surface area is 201 Å². The van der Waals surface area contributed by atoms with Crippen molar-refractivity contribution in [2.24, 2.45) is 0 Å². The van der Waals surface area contributed by atoms with E-state index < -0.39 is 0 Å². The van der Waals surface area contributed by atoms with Crippen LogP contribution >= 0.6 is 0 Å². The van der Waals surface area contributed by atoms with Crippen LogP contribution in [0.2, 0.25) is 0 Å². The number of anilines is 2. The zero-order valence-electron chi connectivity index (χ0n) is 19.8. The molecule has 6 heteroatoms. The Balaban J connectivity index is 1.56. The Kier molecular flexibility index (Phi) is 9.52.